The van der Waals surface area contributed by atoms with Crippen molar-refractivity contribution in [3.8, 4) is 51.4 Å². The molecule has 1 unspecified atom stereocenters. The maximum Gasteiger partial charge on any atom is 0.336 e. The third-order valence-electron chi connectivity index (χ3n) is 13.2. The highest BCUT2D eigenvalue weighted by Gasteiger charge is 2.21. The van der Waals surface area contributed by atoms with Crippen LogP contribution < -0.4 is 33.2 Å². The first-order chi connectivity index (χ1) is 37.6. The van der Waals surface area contributed by atoms with Crippen LogP contribution in [0.2, 0.25) is 0 Å². The fourth-order valence-corrected chi connectivity index (χ4v) is 8.29. The van der Waals surface area contributed by atoms with Crippen LogP contribution in [0.25, 0.3) is 23.3 Å². The van der Waals surface area contributed by atoms with Crippen LogP contribution >= 0.6 is 0 Å². The first-order valence-electron chi connectivity index (χ1n) is 29.3. The second kappa shape index (κ2) is 38.3. The molecule has 0 bridgehead atoms. The van der Waals surface area contributed by atoms with Crippen LogP contribution in [0.1, 0.15) is 200 Å². The molecule has 11 heteroatoms. The molecule has 77 heavy (non-hydrogen) atoms. The molecule has 0 aromatic heterocycles. The van der Waals surface area contributed by atoms with E-state index in [0.29, 0.717) is 96.4 Å². The Labute approximate surface area is 462 Å². The minimum atomic E-state index is -0.558. The molecule has 0 amide bonds. The second-order valence-electron chi connectivity index (χ2n) is 19.8. The molecule has 4 aromatic carbocycles. The quantitative estimate of drug-likeness (QED) is 0.0183. The van der Waals surface area contributed by atoms with E-state index in [0.717, 1.165) is 133 Å². The summed E-state index contributed by atoms with van der Waals surface area (Å²) in [5.41, 5.74) is 3.85. The zero-order valence-electron chi connectivity index (χ0n) is 47.9. The molecule has 4 rings (SSSR count). The molecule has 422 valence electrons. The standard InChI is InChI=1S/C66H92O11/c1-8-14-19-24-45-70-59-42-35-55(63(72-47-26-21-16-10-3)65(59)74-49-28-23-18-12-5)37-44-61(68)77-58-40-33-53(34-41-58)52-31-38-57(39-32-52)76-60(67)43-36-54-29-30-56(50-75-66(69)51(7)13-6)64(73-48-27-22-17-11-4)62(54)71-46-25-20-15-9-2/h29-44,51H,8-28,45-50H2,1-7H3/b43-36+,44-37+. The van der Waals surface area contributed by atoms with Crippen molar-refractivity contribution >= 4 is 30.1 Å². The van der Waals surface area contributed by atoms with E-state index in [1.54, 1.807) is 36.4 Å². The van der Waals surface area contributed by atoms with Crippen molar-refractivity contribution in [2.75, 3.05) is 33.0 Å². The molecule has 0 heterocycles. The molecule has 0 N–H and O–H groups in total. The molecule has 0 saturated carbocycles. The van der Waals surface area contributed by atoms with E-state index in [1.165, 1.54) is 18.6 Å². The number of carbonyl (C=O) groups is 3. The van der Waals surface area contributed by atoms with Gasteiger partial charge in [0.15, 0.2) is 23.0 Å². The maximum atomic E-state index is 13.3. The number of rotatable bonds is 41. The molecule has 0 spiro atoms. The van der Waals surface area contributed by atoms with Crippen molar-refractivity contribution in [2.45, 2.75) is 190 Å². The molecule has 0 aliphatic heterocycles. The molecule has 0 aliphatic rings. The van der Waals surface area contributed by atoms with Gasteiger partial charge in [-0.1, -0.05) is 181 Å². The third kappa shape index (κ3) is 23.9. The zero-order valence-corrected chi connectivity index (χ0v) is 47.9. The van der Waals surface area contributed by atoms with Crippen LogP contribution in [-0.4, -0.2) is 50.9 Å². The molecule has 1 atom stereocenters. The second-order valence-corrected chi connectivity index (χ2v) is 19.8. The van der Waals surface area contributed by atoms with Gasteiger partial charge in [0.2, 0.25) is 5.75 Å². The lowest BCUT2D eigenvalue weighted by Gasteiger charge is -2.19. The van der Waals surface area contributed by atoms with E-state index in [1.807, 2.05) is 62.4 Å². The van der Waals surface area contributed by atoms with E-state index >= 15 is 0 Å². The van der Waals surface area contributed by atoms with Gasteiger partial charge in [-0.25, -0.2) is 9.59 Å². The van der Waals surface area contributed by atoms with E-state index in [-0.39, 0.29) is 18.5 Å². The Hall–Kier alpha value is -6.23. The lowest BCUT2D eigenvalue weighted by molar-refractivity contribution is -0.149. The smallest absolute Gasteiger partial charge is 0.336 e. The predicted octanol–water partition coefficient (Wildman–Crippen LogP) is 17.5. The number of benzene rings is 4. The van der Waals surface area contributed by atoms with Crippen LogP contribution in [0.5, 0.6) is 40.2 Å². The van der Waals surface area contributed by atoms with Gasteiger partial charge in [0.25, 0.3) is 0 Å². The summed E-state index contributed by atoms with van der Waals surface area (Å²) in [4.78, 5) is 39.2. The third-order valence-corrected chi connectivity index (χ3v) is 13.2. The van der Waals surface area contributed by atoms with Gasteiger partial charge in [0, 0.05) is 28.8 Å². The average molecular weight is 1060 g/mol. The molecule has 0 radical (unpaired) electrons. The summed E-state index contributed by atoms with van der Waals surface area (Å²) in [7, 11) is 0. The van der Waals surface area contributed by atoms with Gasteiger partial charge in [-0.2, -0.15) is 0 Å². The summed E-state index contributed by atoms with van der Waals surface area (Å²) in [5, 5.41) is 0. The minimum Gasteiger partial charge on any atom is -0.490 e. The lowest BCUT2D eigenvalue weighted by Crippen LogP contribution is -2.14. The Morgan fingerprint density at radius 3 is 1.21 bits per heavy atom. The maximum absolute atomic E-state index is 13.3. The van der Waals surface area contributed by atoms with E-state index in [2.05, 4.69) is 34.6 Å². The highest BCUT2D eigenvalue weighted by atomic mass is 16.6. The van der Waals surface area contributed by atoms with Crippen LogP contribution in [0.3, 0.4) is 0 Å². The van der Waals surface area contributed by atoms with E-state index < -0.39 is 11.9 Å². The topological polar surface area (TPSA) is 125 Å². The summed E-state index contributed by atoms with van der Waals surface area (Å²) in [6, 6.07) is 22.0. The lowest BCUT2D eigenvalue weighted by atomic mass is 10.1. The van der Waals surface area contributed by atoms with Crippen molar-refractivity contribution in [1.82, 2.24) is 0 Å². The number of ether oxygens (including phenoxy) is 8. The molecular formula is C66H92O11. The Bertz CT molecular complexity index is 2350. The predicted molar refractivity (Wildman–Crippen MR) is 312 cm³/mol. The normalized spacial score (nSPS) is 11.7. The fourth-order valence-electron chi connectivity index (χ4n) is 8.29. The number of esters is 3. The first-order valence-corrected chi connectivity index (χ1v) is 29.3. The number of carbonyl (C=O) groups excluding carboxylic acids is 3. The van der Waals surface area contributed by atoms with Gasteiger partial charge in [0.05, 0.1) is 39.0 Å². The van der Waals surface area contributed by atoms with Gasteiger partial charge >= 0.3 is 17.9 Å². The Kier molecular flexibility index (Phi) is 31.5. The summed E-state index contributed by atoms with van der Waals surface area (Å²) in [6.45, 7) is 17.4. The van der Waals surface area contributed by atoms with Gasteiger partial charge in [0.1, 0.15) is 18.1 Å². The summed E-state index contributed by atoms with van der Waals surface area (Å²) < 4.78 is 49.2. The molecule has 0 aliphatic carbocycles. The highest BCUT2D eigenvalue weighted by Crippen LogP contribution is 2.42. The summed E-state index contributed by atoms with van der Waals surface area (Å²) >= 11 is 0. The molecule has 0 saturated heterocycles. The summed E-state index contributed by atoms with van der Waals surface area (Å²) in [5.74, 6) is 2.07. The Morgan fingerprint density at radius 2 is 0.792 bits per heavy atom. The number of hydrogen-bond acceptors (Lipinski definition) is 11. The molecule has 0 fully saturated rings. The van der Waals surface area contributed by atoms with E-state index in [4.69, 9.17) is 37.9 Å². The van der Waals surface area contributed by atoms with Crippen LogP contribution in [0.4, 0.5) is 0 Å². The van der Waals surface area contributed by atoms with Gasteiger partial charge < -0.3 is 37.9 Å². The van der Waals surface area contributed by atoms with Crippen LogP contribution in [0.15, 0.2) is 84.9 Å². The highest BCUT2D eigenvalue weighted by molar-refractivity contribution is 5.90. The van der Waals surface area contributed by atoms with Gasteiger partial charge in [-0.3, -0.25) is 4.79 Å². The Morgan fingerprint density at radius 1 is 0.416 bits per heavy atom. The van der Waals surface area contributed by atoms with E-state index in [9.17, 15) is 14.4 Å². The largest absolute Gasteiger partial charge is 0.490 e. The minimum absolute atomic E-state index is 0.0521. The zero-order chi connectivity index (χ0) is 55.3. The van der Waals surface area contributed by atoms with Crippen LogP contribution in [-0.2, 0) is 25.7 Å². The number of unbranched alkanes of at least 4 members (excludes halogenated alkanes) is 15. The average Bonchev–Trinajstić information content (AvgIpc) is 3.44. The van der Waals surface area contributed by atoms with Crippen LogP contribution in [0, 0.1) is 5.92 Å². The van der Waals surface area contributed by atoms with Crippen molar-refractivity contribution in [2.24, 2.45) is 5.92 Å². The summed E-state index contributed by atoms with van der Waals surface area (Å²) in [6.07, 6.45) is 28.1. The monoisotopic (exact) mass is 1060 g/mol. The van der Waals surface area contributed by atoms with Gasteiger partial charge in [-0.05, 0) is 98.2 Å². The number of hydrogen-bond donors (Lipinski definition) is 0. The Balaban J connectivity index is 1.45. The van der Waals surface area contributed by atoms with Crippen molar-refractivity contribution in [3.63, 3.8) is 0 Å². The van der Waals surface area contributed by atoms with Crippen molar-refractivity contribution in [1.29, 1.82) is 0 Å². The SMILES string of the molecule is CCCCCCOc1ccc(/C=C/C(=O)Oc2ccc(-c3ccc(OC(=O)/C=C/c4ccc(COC(=O)C(C)CC)c(OCCCCCC)c4OCCCCCC)cc3)cc2)c(OCCCCCC)c1OCCCCCC. The molecule has 4 aromatic rings. The van der Waals surface area contributed by atoms with Gasteiger partial charge in [-0.15, -0.1) is 0 Å². The van der Waals surface area contributed by atoms with Crippen molar-refractivity contribution in [3.05, 3.63) is 102 Å². The van der Waals surface area contributed by atoms with Crippen molar-refractivity contribution < 1.29 is 52.3 Å². The molecule has 11 nitrogen and oxygen atoms in total. The molecular weight excluding hydrogens is 969 g/mol. The first kappa shape index (κ1) is 63.3. The fraction of sp³-hybridized carbons (Fsp3) is 0.530.